The van der Waals surface area contributed by atoms with Crippen molar-refractivity contribution < 1.29 is 9.32 Å². The fraction of sp³-hybridized carbons (Fsp3) is 0.833. The quantitative estimate of drug-likeness (QED) is 0.825. The van der Waals surface area contributed by atoms with Crippen LogP contribution >= 0.6 is 0 Å². The zero-order chi connectivity index (χ0) is 17.8. The molecule has 1 aromatic heterocycles. The van der Waals surface area contributed by atoms with E-state index in [2.05, 4.69) is 32.3 Å². The number of nitrogens with zero attached hydrogens (tertiary/aromatic N) is 4. The number of hydrogen-bond donors (Lipinski definition) is 1. The van der Waals surface area contributed by atoms with Crippen molar-refractivity contribution in [3.05, 3.63) is 11.7 Å². The highest BCUT2D eigenvalue weighted by atomic mass is 16.5. The average molecular weight is 349 g/mol. The molecule has 2 aliphatic rings. The van der Waals surface area contributed by atoms with E-state index in [0.29, 0.717) is 30.8 Å². The van der Waals surface area contributed by atoms with E-state index in [4.69, 9.17) is 4.52 Å². The van der Waals surface area contributed by atoms with Crippen molar-refractivity contribution in [3.63, 3.8) is 0 Å². The molecular weight excluding hydrogens is 318 g/mol. The predicted molar refractivity (Wildman–Crippen MR) is 95.4 cm³/mol. The smallest absolute Gasteiger partial charge is 0.317 e. The van der Waals surface area contributed by atoms with E-state index in [9.17, 15) is 4.79 Å². The molecule has 0 aliphatic carbocycles. The molecular formula is C18H31N5O2. The van der Waals surface area contributed by atoms with Crippen LogP contribution in [0, 0.1) is 5.92 Å². The third-order valence-corrected chi connectivity index (χ3v) is 5.38. The van der Waals surface area contributed by atoms with Crippen LogP contribution in [0.2, 0.25) is 0 Å². The van der Waals surface area contributed by atoms with Crippen molar-refractivity contribution in [1.29, 1.82) is 0 Å². The molecule has 3 rings (SSSR count). The van der Waals surface area contributed by atoms with Crippen LogP contribution in [-0.4, -0.2) is 65.2 Å². The van der Waals surface area contributed by atoms with Gasteiger partial charge in [-0.2, -0.15) is 4.98 Å². The van der Waals surface area contributed by atoms with Crippen LogP contribution in [0.1, 0.15) is 57.2 Å². The van der Waals surface area contributed by atoms with Crippen LogP contribution in [-0.2, 0) is 6.42 Å². The molecule has 25 heavy (non-hydrogen) atoms. The van der Waals surface area contributed by atoms with Crippen molar-refractivity contribution >= 4 is 6.03 Å². The summed E-state index contributed by atoms with van der Waals surface area (Å²) in [5, 5.41) is 7.05. The number of likely N-dealkylation sites (tertiary alicyclic amines) is 2. The Labute approximate surface area is 150 Å². The van der Waals surface area contributed by atoms with Gasteiger partial charge in [-0.1, -0.05) is 19.0 Å². The molecule has 2 saturated heterocycles. The van der Waals surface area contributed by atoms with E-state index >= 15 is 0 Å². The molecule has 0 bridgehead atoms. The Kier molecular flexibility index (Phi) is 5.93. The number of aryl methyl sites for hydroxylation is 1. The van der Waals surface area contributed by atoms with E-state index in [1.807, 2.05) is 13.8 Å². The van der Waals surface area contributed by atoms with E-state index < -0.39 is 0 Å². The molecule has 7 heteroatoms. The van der Waals surface area contributed by atoms with E-state index in [1.54, 1.807) is 0 Å². The standard InChI is InChI=1S/C18H31N5O2/c1-13(2)17-20-16(25-21-17)7-4-9-19-18(24)23-10-5-6-14-12-22(3)11-8-15(14)23/h13-15H,4-12H2,1-3H3,(H,19,24)/t14-,15-/m0/s1. The Morgan fingerprint density at radius 2 is 2.20 bits per heavy atom. The highest BCUT2D eigenvalue weighted by molar-refractivity contribution is 5.74. The van der Waals surface area contributed by atoms with Gasteiger partial charge in [0.15, 0.2) is 5.82 Å². The van der Waals surface area contributed by atoms with E-state index in [0.717, 1.165) is 44.7 Å². The van der Waals surface area contributed by atoms with Crippen molar-refractivity contribution in [3.8, 4) is 0 Å². The van der Waals surface area contributed by atoms with Gasteiger partial charge in [0.05, 0.1) is 0 Å². The van der Waals surface area contributed by atoms with Crippen molar-refractivity contribution in [2.75, 3.05) is 33.2 Å². The van der Waals surface area contributed by atoms with Gasteiger partial charge in [-0.15, -0.1) is 0 Å². The maximum atomic E-state index is 12.6. The summed E-state index contributed by atoms with van der Waals surface area (Å²) in [6.07, 6.45) is 4.97. The summed E-state index contributed by atoms with van der Waals surface area (Å²) in [6.45, 7) is 7.82. The maximum absolute atomic E-state index is 12.6. The molecule has 0 unspecified atom stereocenters. The van der Waals surface area contributed by atoms with Gasteiger partial charge in [-0.05, 0) is 45.2 Å². The summed E-state index contributed by atoms with van der Waals surface area (Å²) in [4.78, 5) is 21.4. The molecule has 1 N–H and O–H groups in total. The second kappa shape index (κ2) is 8.17. The van der Waals surface area contributed by atoms with Crippen LogP contribution in [0.15, 0.2) is 4.52 Å². The van der Waals surface area contributed by atoms with Crippen LogP contribution < -0.4 is 5.32 Å². The molecule has 140 valence electrons. The summed E-state index contributed by atoms with van der Waals surface area (Å²) in [7, 11) is 2.18. The first kappa shape index (κ1) is 18.2. The second-order valence-electron chi connectivity index (χ2n) is 7.75. The summed E-state index contributed by atoms with van der Waals surface area (Å²) in [5.41, 5.74) is 0. The molecule has 2 fully saturated rings. The van der Waals surface area contributed by atoms with Gasteiger partial charge >= 0.3 is 6.03 Å². The molecule has 0 aromatic carbocycles. The first-order valence-corrected chi connectivity index (χ1v) is 9.60. The monoisotopic (exact) mass is 349 g/mol. The fourth-order valence-corrected chi connectivity index (χ4v) is 3.98. The lowest BCUT2D eigenvalue weighted by Crippen LogP contribution is -2.57. The van der Waals surface area contributed by atoms with Gasteiger partial charge in [-0.25, -0.2) is 4.79 Å². The molecule has 7 nitrogen and oxygen atoms in total. The summed E-state index contributed by atoms with van der Waals surface area (Å²) < 4.78 is 5.24. The normalized spacial score (nSPS) is 24.4. The Morgan fingerprint density at radius 3 is 2.96 bits per heavy atom. The number of amides is 2. The van der Waals surface area contributed by atoms with Crippen molar-refractivity contribution in [2.24, 2.45) is 5.92 Å². The number of nitrogens with one attached hydrogen (secondary N) is 1. The van der Waals surface area contributed by atoms with Gasteiger partial charge in [-0.3, -0.25) is 0 Å². The molecule has 3 heterocycles. The van der Waals surface area contributed by atoms with Crippen LogP contribution in [0.25, 0.3) is 0 Å². The minimum Gasteiger partial charge on any atom is -0.339 e. The number of aromatic nitrogens is 2. The third kappa shape index (κ3) is 4.51. The topological polar surface area (TPSA) is 74.5 Å². The first-order chi connectivity index (χ1) is 12.0. The Morgan fingerprint density at radius 1 is 1.36 bits per heavy atom. The number of hydrogen-bond acceptors (Lipinski definition) is 5. The van der Waals surface area contributed by atoms with Crippen molar-refractivity contribution in [2.45, 2.75) is 57.9 Å². The number of urea groups is 1. The predicted octanol–water partition coefficient (Wildman–Crippen LogP) is 2.25. The van der Waals surface area contributed by atoms with Gasteiger partial charge in [0.25, 0.3) is 0 Å². The summed E-state index contributed by atoms with van der Waals surface area (Å²) in [5.74, 6) is 2.32. The minimum absolute atomic E-state index is 0.0904. The van der Waals surface area contributed by atoms with Gasteiger partial charge in [0, 0.05) is 38.0 Å². The van der Waals surface area contributed by atoms with Crippen LogP contribution in [0.4, 0.5) is 4.79 Å². The lowest BCUT2D eigenvalue weighted by Gasteiger charge is -2.46. The second-order valence-corrected chi connectivity index (χ2v) is 7.75. The molecule has 2 aliphatic heterocycles. The Balaban J connectivity index is 1.42. The third-order valence-electron chi connectivity index (χ3n) is 5.38. The molecule has 2 amide bonds. The lowest BCUT2D eigenvalue weighted by atomic mass is 9.84. The highest BCUT2D eigenvalue weighted by Crippen LogP contribution is 2.30. The van der Waals surface area contributed by atoms with E-state index in [-0.39, 0.29) is 11.9 Å². The maximum Gasteiger partial charge on any atom is 0.317 e. The van der Waals surface area contributed by atoms with Crippen molar-refractivity contribution in [1.82, 2.24) is 25.3 Å². The fourth-order valence-electron chi connectivity index (χ4n) is 3.98. The molecule has 2 atom stereocenters. The summed E-state index contributed by atoms with van der Waals surface area (Å²) in [6, 6.07) is 0.502. The number of piperidine rings is 2. The van der Waals surface area contributed by atoms with Crippen LogP contribution in [0.3, 0.4) is 0 Å². The number of rotatable bonds is 5. The molecule has 0 saturated carbocycles. The van der Waals surface area contributed by atoms with Gasteiger partial charge in [0.1, 0.15) is 0 Å². The number of fused-ring (bicyclic) bond motifs is 1. The zero-order valence-electron chi connectivity index (χ0n) is 15.7. The van der Waals surface area contributed by atoms with Crippen LogP contribution in [0.5, 0.6) is 0 Å². The lowest BCUT2D eigenvalue weighted by molar-refractivity contribution is 0.0534. The molecule has 1 aromatic rings. The SMILES string of the molecule is CC(C)c1noc(CCCNC(=O)N2CCC[C@H]3CN(C)CC[C@@H]32)n1. The Bertz CT molecular complexity index is 574. The average Bonchev–Trinajstić information content (AvgIpc) is 3.07. The largest absolute Gasteiger partial charge is 0.339 e. The number of carbonyl (C=O) groups excluding carboxylic acids is 1. The van der Waals surface area contributed by atoms with E-state index in [1.165, 1.54) is 6.42 Å². The molecule has 0 spiro atoms. The number of carbonyl (C=O) groups is 1. The Hall–Kier alpha value is -1.63. The van der Waals surface area contributed by atoms with Gasteiger partial charge < -0.3 is 19.6 Å². The highest BCUT2D eigenvalue weighted by Gasteiger charge is 2.37. The first-order valence-electron chi connectivity index (χ1n) is 9.60. The molecule has 0 radical (unpaired) electrons. The summed E-state index contributed by atoms with van der Waals surface area (Å²) >= 11 is 0. The zero-order valence-corrected chi connectivity index (χ0v) is 15.7. The minimum atomic E-state index is 0.0904. The van der Waals surface area contributed by atoms with Gasteiger partial charge in [0.2, 0.25) is 5.89 Å².